The van der Waals surface area contributed by atoms with E-state index in [1.165, 1.54) is 0 Å². The van der Waals surface area contributed by atoms with Crippen molar-refractivity contribution in [1.82, 2.24) is 0 Å². The molecule has 0 bridgehead atoms. The molecule has 14 heavy (non-hydrogen) atoms. The SMILES string of the molecule is CC1(C(=O)Cc2ccc(O)cc2)CC1. The zero-order chi connectivity index (χ0) is 10.2. The molecule has 74 valence electrons. The third-order valence-corrected chi connectivity index (χ3v) is 2.97. The molecule has 1 aromatic rings. The van der Waals surface area contributed by atoms with Crippen molar-refractivity contribution in [2.24, 2.45) is 5.41 Å². The molecule has 2 heteroatoms. The predicted octanol–water partition coefficient (Wildman–Crippen LogP) is 2.30. The molecular formula is C12H14O2. The van der Waals surface area contributed by atoms with Crippen LogP contribution in [0, 0.1) is 5.41 Å². The fourth-order valence-corrected chi connectivity index (χ4v) is 1.48. The van der Waals surface area contributed by atoms with Crippen LogP contribution < -0.4 is 0 Å². The number of aromatic hydroxyl groups is 1. The number of phenols is 1. The summed E-state index contributed by atoms with van der Waals surface area (Å²) in [6.45, 7) is 2.02. The quantitative estimate of drug-likeness (QED) is 0.794. The monoisotopic (exact) mass is 190 g/mol. The lowest BCUT2D eigenvalue weighted by atomic mass is 9.97. The first-order chi connectivity index (χ1) is 6.60. The number of hydrogen-bond acceptors (Lipinski definition) is 2. The molecule has 0 aliphatic heterocycles. The summed E-state index contributed by atoms with van der Waals surface area (Å²) in [6.07, 6.45) is 2.56. The lowest BCUT2D eigenvalue weighted by Gasteiger charge is -2.06. The van der Waals surface area contributed by atoms with Gasteiger partial charge in [0.2, 0.25) is 0 Å². The third-order valence-electron chi connectivity index (χ3n) is 2.97. The van der Waals surface area contributed by atoms with Gasteiger partial charge in [0, 0.05) is 11.8 Å². The molecule has 2 rings (SSSR count). The average molecular weight is 190 g/mol. The molecule has 1 aromatic carbocycles. The highest BCUT2D eigenvalue weighted by molar-refractivity contribution is 5.88. The van der Waals surface area contributed by atoms with Crippen molar-refractivity contribution >= 4 is 5.78 Å². The minimum absolute atomic E-state index is 0.0438. The first-order valence-corrected chi connectivity index (χ1v) is 4.91. The number of phenolic OH excluding ortho intramolecular Hbond substituents is 1. The Kier molecular flexibility index (Phi) is 2.06. The summed E-state index contributed by atoms with van der Waals surface area (Å²) in [5, 5.41) is 9.08. The molecule has 1 fully saturated rings. The number of carbonyl (C=O) groups is 1. The third kappa shape index (κ3) is 1.79. The van der Waals surface area contributed by atoms with Crippen LogP contribution in [0.2, 0.25) is 0 Å². The highest BCUT2D eigenvalue weighted by Gasteiger charge is 2.43. The lowest BCUT2D eigenvalue weighted by Crippen LogP contribution is -2.14. The second-order valence-corrected chi connectivity index (χ2v) is 4.33. The maximum absolute atomic E-state index is 11.7. The van der Waals surface area contributed by atoms with Crippen molar-refractivity contribution in [3.8, 4) is 5.75 Å². The Labute approximate surface area is 83.6 Å². The topological polar surface area (TPSA) is 37.3 Å². The molecule has 0 aromatic heterocycles. The number of Topliss-reactive ketones (excluding diaryl/α,β-unsaturated/α-hetero) is 1. The van der Waals surface area contributed by atoms with Gasteiger partial charge in [0.15, 0.2) is 0 Å². The van der Waals surface area contributed by atoms with Gasteiger partial charge in [-0.2, -0.15) is 0 Å². The van der Waals surface area contributed by atoms with Gasteiger partial charge >= 0.3 is 0 Å². The van der Waals surface area contributed by atoms with E-state index in [-0.39, 0.29) is 11.2 Å². The van der Waals surface area contributed by atoms with Crippen LogP contribution in [0.5, 0.6) is 5.75 Å². The highest BCUT2D eigenvalue weighted by atomic mass is 16.3. The van der Waals surface area contributed by atoms with Crippen molar-refractivity contribution < 1.29 is 9.90 Å². The first-order valence-electron chi connectivity index (χ1n) is 4.91. The van der Waals surface area contributed by atoms with Crippen LogP contribution in [0.3, 0.4) is 0 Å². The van der Waals surface area contributed by atoms with E-state index in [9.17, 15) is 4.79 Å². The van der Waals surface area contributed by atoms with E-state index in [2.05, 4.69) is 0 Å². The first kappa shape index (κ1) is 9.25. The van der Waals surface area contributed by atoms with E-state index in [0.717, 1.165) is 18.4 Å². The van der Waals surface area contributed by atoms with E-state index in [1.54, 1.807) is 24.3 Å². The Morgan fingerprint density at radius 3 is 2.43 bits per heavy atom. The van der Waals surface area contributed by atoms with Gasteiger partial charge in [-0.15, -0.1) is 0 Å². The van der Waals surface area contributed by atoms with Gasteiger partial charge in [-0.3, -0.25) is 4.79 Å². The van der Waals surface area contributed by atoms with Crippen LogP contribution in [-0.2, 0) is 11.2 Å². The zero-order valence-electron chi connectivity index (χ0n) is 8.29. The van der Waals surface area contributed by atoms with Gasteiger partial charge in [-0.25, -0.2) is 0 Å². The van der Waals surface area contributed by atoms with Crippen molar-refractivity contribution in [2.45, 2.75) is 26.2 Å². The molecule has 0 unspecified atom stereocenters. The van der Waals surface area contributed by atoms with E-state index < -0.39 is 0 Å². The largest absolute Gasteiger partial charge is 0.508 e. The van der Waals surface area contributed by atoms with E-state index >= 15 is 0 Å². The van der Waals surface area contributed by atoms with Crippen molar-refractivity contribution in [2.75, 3.05) is 0 Å². The van der Waals surface area contributed by atoms with Gasteiger partial charge < -0.3 is 5.11 Å². The van der Waals surface area contributed by atoms with Crippen molar-refractivity contribution in [3.63, 3.8) is 0 Å². The molecule has 0 atom stereocenters. The van der Waals surface area contributed by atoms with Crippen LogP contribution in [0.15, 0.2) is 24.3 Å². The minimum atomic E-state index is -0.0438. The Hall–Kier alpha value is -1.31. The van der Waals surface area contributed by atoms with Gasteiger partial charge in [-0.05, 0) is 30.5 Å². The maximum atomic E-state index is 11.7. The summed E-state index contributed by atoms with van der Waals surface area (Å²) in [6, 6.07) is 6.85. The number of benzene rings is 1. The zero-order valence-corrected chi connectivity index (χ0v) is 8.29. The van der Waals surface area contributed by atoms with Gasteiger partial charge in [0.25, 0.3) is 0 Å². The number of rotatable bonds is 3. The van der Waals surface area contributed by atoms with Crippen LogP contribution in [0.1, 0.15) is 25.3 Å². The summed E-state index contributed by atoms with van der Waals surface area (Å²) in [5.74, 6) is 0.571. The van der Waals surface area contributed by atoms with Crippen LogP contribution >= 0.6 is 0 Å². The molecule has 1 N–H and O–H groups in total. The summed E-state index contributed by atoms with van der Waals surface area (Å²) in [7, 11) is 0. The minimum Gasteiger partial charge on any atom is -0.508 e. The van der Waals surface area contributed by atoms with Gasteiger partial charge in [0.05, 0.1) is 0 Å². The standard InChI is InChI=1S/C12H14O2/c1-12(6-7-12)11(14)8-9-2-4-10(13)5-3-9/h2-5,13H,6-8H2,1H3. The molecule has 1 saturated carbocycles. The Balaban J connectivity index is 2.04. The van der Waals surface area contributed by atoms with Crippen LogP contribution in [0.25, 0.3) is 0 Å². The fourth-order valence-electron chi connectivity index (χ4n) is 1.48. The summed E-state index contributed by atoms with van der Waals surface area (Å²) >= 11 is 0. The molecule has 0 radical (unpaired) electrons. The second-order valence-electron chi connectivity index (χ2n) is 4.33. The molecule has 0 spiro atoms. The predicted molar refractivity (Wildman–Crippen MR) is 54.2 cm³/mol. The number of ketones is 1. The molecule has 0 saturated heterocycles. The van der Waals surface area contributed by atoms with Crippen molar-refractivity contribution in [1.29, 1.82) is 0 Å². The molecule has 0 amide bonds. The van der Waals surface area contributed by atoms with Crippen molar-refractivity contribution in [3.05, 3.63) is 29.8 Å². The second kappa shape index (κ2) is 3.12. The normalized spacial score (nSPS) is 17.8. The smallest absolute Gasteiger partial charge is 0.143 e. The number of hydrogen-bond donors (Lipinski definition) is 1. The Bertz CT molecular complexity index is 347. The molecular weight excluding hydrogens is 176 g/mol. The molecule has 1 aliphatic rings. The average Bonchev–Trinajstić information content (AvgIpc) is 2.89. The summed E-state index contributed by atoms with van der Waals surface area (Å²) in [4.78, 5) is 11.7. The molecule has 0 heterocycles. The van der Waals surface area contributed by atoms with E-state index in [0.29, 0.717) is 12.2 Å². The molecule has 1 aliphatic carbocycles. The van der Waals surface area contributed by atoms with Gasteiger partial charge in [0.1, 0.15) is 11.5 Å². The molecule has 2 nitrogen and oxygen atoms in total. The fraction of sp³-hybridized carbons (Fsp3) is 0.417. The Morgan fingerprint density at radius 1 is 1.36 bits per heavy atom. The van der Waals surface area contributed by atoms with E-state index in [4.69, 9.17) is 5.11 Å². The highest BCUT2D eigenvalue weighted by Crippen LogP contribution is 2.46. The maximum Gasteiger partial charge on any atom is 0.143 e. The summed E-state index contributed by atoms with van der Waals surface area (Å²) < 4.78 is 0. The Morgan fingerprint density at radius 2 is 1.93 bits per heavy atom. The lowest BCUT2D eigenvalue weighted by molar-refractivity contribution is -0.122. The number of carbonyl (C=O) groups excluding carboxylic acids is 1. The summed E-state index contributed by atoms with van der Waals surface area (Å²) in [5.41, 5.74) is 0.943. The van der Waals surface area contributed by atoms with Crippen LogP contribution in [0.4, 0.5) is 0 Å². The van der Waals surface area contributed by atoms with E-state index in [1.807, 2.05) is 6.92 Å². The van der Waals surface area contributed by atoms with Gasteiger partial charge in [-0.1, -0.05) is 19.1 Å². The van der Waals surface area contributed by atoms with Crippen LogP contribution in [-0.4, -0.2) is 10.9 Å².